The van der Waals surface area contributed by atoms with E-state index in [0.717, 1.165) is 45.3 Å². The van der Waals surface area contributed by atoms with E-state index in [0.29, 0.717) is 5.88 Å². The van der Waals surface area contributed by atoms with Crippen LogP contribution in [0.2, 0.25) is 0 Å². The molecule has 2 aliphatic heterocycles. The topological polar surface area (TPSA) is 54.5 Å². The third kappa shape index (κ3) is 3.10. The number of ether oxygens (including phenoxy) is 1. The zero-order valence-electron chi connectivity index (χ0n) is 11.6. The lowest BCUT2D eigenvalue weighted by atomic mass is 10.1. The first-order valence-electron chi connectivity index (χ1n) is 7.43. The summed E-state index contributed by atoms with van der Waals surface area (Å²) in [6.07, 6.45) is 5.76. The molecular weight excluding hydrogens is 254 g/mol. The number of aromatic nitrogens is 1. The Labute approximate surface area is 119 Å². The lowest BCUT2D eigenvalue weighted by Gasteiger charge is -2.33. The van der Waals surface area contributed by atoms with Crippen molar-refractivity contribution >= 4 is 5.91 Å². The van der Waals surface area contributed by atoms with Gasteiger partial charge in [-0.05, 0) is 25.5 Å². The number of pyridine rings is 1. The molecule has 1 atom stereocenters. The first kappa shape index (κ1) is 13.4. The molecule has 0 radical (unpaired) electrons. The highest BCUT2D eigenvalue weighted by molar-refractivity contribution is 5.82. The fourth-order valence-electron chi connectivity index (χ4n) is 2.90. The number of carbonyl (C=O) groups is 1. The standard InChI is InChI=1S/C15H21N3O2/c19-15(13-4-3-9-16-13)18-10-6-12(7-11-18)20-14-5-1-2-8-17-14/h1-2,5,8,12-13,16H,3-4,6-7,9-11H2. The highest BCUT2D eigenvalue weighted by Crippen LogP contribution is 2.18. The summed E-state index contributed by atoms with van der Waals surface area (Å²) in [6.45, 7) is 2.54. The van der Waals surface area contributed by atoms with Crippen LogP contribution in [0.25, 0.3) is 0 Å². The van der Waals surface area contributed by atoms with Crippen molar-refractivity contribution in [2.24, 2.45) is 0 Å². The zero-order chi connectivity index (χ0) is 13.8. The van der Waals surface area contributed by atoms with E-state index in [1.54, 1.807) is 6.20 Å². The fraction of sp³-hybridized carbons (Fsp3) is 0.600. The fourth-order valence-corrected chi connectivity index (χ4v) is 2.90. The van der Waals surface area contributed by atoms with E-state index >= 15 is 0 Å². The maximum Gasteiger partial charge on any atom is 0.239 e. The maximum atomic E-state index is 12.3. The predicted octanol–water partition coefficient (Wildman–Crippen LogP) is 1.20. The van der Waals surface area contributed by atoms with Gasteiger partial charge in [0.2, 0.25) is 11.8 Å². The van der Waals surface area contributed by atoms with E-state index in [1.807, 2.05) is 23.1 Å². The number of piperidine rings is 1. The van der Waals surface area contributed by atoms with E-state index in [-0.39, 0.29) is 18.1 Å². The molecule has 0 spiro atoms. The minimum absolute atomic E-state index is 0.0447. The van der Waals surface area contributed by atoms with Gasteiger partial charge in [-0.15, -0.1) is 0 Å². The van der Waals surface area contributed by atoms with Gasteiger partial charge in [0.25, 0.3) is 0 Å². The van der Waals surface area contributed by atoms with Gasteiger partial charge in [-0.1, -0.05) is 6.07 Å². The van der Waals surface area contributed by atoms with Crippen molar-refractivity contribution in [3.05, 3.63) is 24.4 Å². The van der Waals surface area contributed by atoms with Crippen molar-refractivity contribution in [3.63, 3.8) is 0 Å². The molecule has 1 aromatic heterocycles. The molecular formula is C15H21N3O2. The molecule has 2 fully saturated rings. The first-order valence-corrected chi connectivity index (χ1v) is 7.43. The lowest BCUT2D eigenvalue weighted by Crippen LogP contribution is -2.48. The predicted molar refractivity (Wildman–Crippen MR) is 75.5 cm³/mol. The van der Waals surface area contributed by atoms with Gasteiger partial charge in [0.1, 0.15) is 6.10 Å². The maximum absolute atomic E-state index is 12.3. The van der Waals surface area contributed by atoms with E-state index in [1.165, 1.54) is 0 Å². The molecule has 5 nitrogen and oxygen atoms in total. The van der Waals surface area contributed by atoms with Crippen molar-refractivity contribution in [2.75, 3.05) is 19.6 Å². The Hall–Kier alpha value is -1.62. The monoisotopic (exact) mass is 275 g/mol. The number of carbonyl (C=O) groups excluding carboxylic acids is 1. The molecule has 2 aliphatic rings. The van der Waals surface area contributed by atoms with Crippen molar-refractivity contribution < 1.29 is 9.53 Å². The molecule has 1 aromatic rings. The molecule has 0 saturated carbocycles. The summed E-state index contributed by atoms with van der Waals surface area (Å²) in [4.78, 5) is 18.4. The quantitative estimate of drug-likeness (QED) is 0.900. The summed E-state index contributed by atoms with van der Waals surface area (Å²) in [5.74, 6) is 0.938. The Morgan fingerprint density at radius 3 is 2.80 bits per heavy atom. The molecule has 0 bridgehead atoms. The minimum atomic E-state index is 0.0447. The zero-order valence-corrected chi connectivity index (χ0v) is 11.6. The second kappa shape index (κ2) is 6.22. The molecule has 0 aliphatic carbocycles. The first-order chi connectivity index (χ1) is 9.83. The van der Waals surface area contributed by atoms with Gasteiger partial charge in [0.15, 0.2) is 0 Å². The number of hydrogen-bond donors (Lipinski definition) is 1. The Morgan fingerprint density at radius 1 is 1.30 bits per heavy atom. The number of likely N-dealkylation sites (tertiary alicyclic amines) is 1. The van der Waals surface area contributed by atoms with E-state index < -0.39 is 0 Å². The Morgan fingerprint density at radius 2 is 2.15 bits per heavy atom. The minimum Gasteiger partial charge on any atom is -0.474 e. The van der Waals surface area contributed by atoms with Crippen molar-refractivity contribution in [1.82, 2.24) is 15.2 Å². The molecule has 5 heteroatoms. The van der Waals surface area contributed by atoms with Crippen LogP contribution in [0.15, 0.2) is 24.4 Å². The van der Waals surface area contributed by atoms with Crippen LogP contribution in [0, 0.1) is 0 Å². The summed E-state index contributed by atoms with van der Waals surface area (Å²) in [6, 6.07) is 5.72. The molecule has 1 amide bonds. The third-order valence-corrected chi connectivity index (χ3v) is 4.04. The second-order valence-electron chi connectivity index (χ2n) is 5.46. The Balaban J connectivity index is 1.48. The molecule has 108 valence electrons. The molecule has 3 rings (SSSR count). The van der Waals surface area contributed by atoms with Crippen LogP contribution in [-0.2, 0) is 4.79 Å². The number of hydrogen-bond acceptors (Lipinski definition) is 4. The van der Waals surface area contributed by atoms with Gasteiger partial charge >= 0.3 is 0 Å². The average molecular weight is 275 g/mol. The van der Waals surface area contributed by atoms with E-state index in [2.05, 4.69) is 10.3 Å². The largest absolute Gasteiger partial charge is 0.474 e. The normalized spacial score (nSPS) is 23.8. The summed E-state index contributed by atoms with van der Waals surface area (Å²) >= 11 is 0. The van der Waals surface area contributed by atoms with Gasteiger partial charge in [-0.3, -0.25) is 4.79 Å². The van der Waals surface area contributed by atoms with Crippen molar-refractivity contribution in [2.45, 2.75) is 37.8 Å². The number of nitrogens with one attached hydrogen (secondary N) is 1. The average Bonchev–Trinajstić information content (AvgIpc) is 3.03. The summed E-state index contributed by atoms with van der Waals surface area (Å²) in [5, 5.41) is 3.27. The van der Waals surface area contributed by atoms with E-state index in [9.17, 15) is 4.79 Å². The second-order valence-corrected chi connectivity index (χ2v) is 5.46. The van der Waals surface area contributed by atoms with Gasteiger partial charge in [-0.25, -0.2) is 4.98 Å². The van der Waals surface area contributed by atoms with Crippen LogP contribution < -0.4 is 10.1 Å². The van der Waals surface area contributed by atoms with Crippen LogP contribution in [0.5, 0.6) is 5.88 Å². The lowest BCUT2D eigenvalue weighted by molar-refractivity contribution is -0.134. The van der Waals surface area contributed by atoms with Crippen LogP contribution in [0.4, 0.5) is 0 Å². The van der Waals surface area contributed by atoms with Crippen LogP contribution in [0.3, 0.4) is 0 Å². The summed E-state index contributed by atoms with van der Waals surface area (Å²) in [7, 11) is 0. The van der Waals surface area contributed by atoms with Gasteiger partial charge in [0, 0.05) is 38.2 Å². The summed E-state index contributed by atoms with van der Waals surface area (Å²) < 4.78 is 5.84. The van der Waals surface area contributed by atoms with Crippen LogP contribution in [-0.4, -0.2) is 47.6 Å². The number of amides is 1. The van der Waals surface area contributed by atoms with Crippen molar-refractivity contribution in [3.8, 4) is 5.88 Å². The number of nitrogens with zero attached hydrogens (tertiary/aromatic N) is 2. The van der Waals surface area contributed by atoms with Crippen molar-refractivity contribution in [1.29, 1.82) is 0 Å². The van der Waals surface area contributed by atoms with Gasteiger partial charge < -0.3 is 15.0 Å². The molecule has 0 aromatic carbocycles. The summed E-state index contributed by atoms with van der Waals surface area (Å²) in [5.41, 5.74) is 0. The Kier molecular flexibility index (Phi) is 4.16. The van der Waals surface area contributed by atoms with Crippen LogP contribution in [0.1, 0.15) is 25.7 Å². The molecule has 3 heterocycles. The van der Waals surface area contributed by atoms with E-state index in [4.69, 9.17) is 4.74 Å². The SMILES string of the molecule is O=C(C1CCCN1)N1CCC(Oc2ccccn2)CC1. The Bertz CT molecular complexity index is 438. The third-order valence-electron chi connectivity index (χ3n) is 4.04. The van der Waals surface area contributed by atoms with Crippen LogP contribution >= 0.6 is 0 Å². The highest BCUT2D eigenvalue weighted by atomic mass is 16.5. The molecule has 2 saturated heterocycles. The molecule has 20 heavy (non-hydrogen) atoms. The number of rotatable bonds is 3. The molecule has 1 unspecified atom stereocenters. The van der Waals surface area contributed by atoms with Gasteiger partial charge in [0.05, 0.1) is 6.04 Å². The highest BCUT2D eigenvalue weighted by Gasteiger charge is 2.30. The smallest absolute Gasteiger partial charge is 0.239 e. The molecule has 1 N–H and O–H groups in total. The van der Waals surface area contributed by atoms with Gasteiger partial charge in [-0.2, -0.15) is 0 Å².